The number of esters is 2. The van der Waals surface area contributed by atoms with Gasteiger partial charge in [-0.25, -0.2) is 4.79 Å². The highest BCUT2D eigenvalue weighted by Gasteiger charge is 2.36. The van der Waals surface area contributed by atoms with Gasteiger partial charge in [0.2, 0.25) is 5.91 Å². The lowest BCUT2D eigenvalue weighted by molar-refractivity contribution is -0.151. The van der Waals surface area contributed by atoms with Crippen molar-refractivity contribution >= 4 is 40.1 Å². The van der Waals surface area contributed by atoms with Gasteiger partial charge in [0.1, 0.15) is 16.3 Å². The first-order valence-corrected chi connectivity index (χ1v) is 10.8. The van der Waals surface area contributed by atoms with Crippen molar-refractivity contribution in [2.24, 2.45) is 5.92 Å². The highest BCUT2D eigenvalue weighted by atomic mass is 32.1. The molecule has 1 unspecified atom stereocenters. The largest absolute Gasteiger partial charge is 0.464 e. The number of hydrogen-bond acceptors (Lipinski definition) is 8. The Balaban J connectivity index is 1.64. The van der Waals surface area contributed by atoms with E-state index in [-0.39, 0.29) is 42.1 Å². The van der Waals surface area contributed by atoms with Gasteiger partial charge in [-0.1, -0.05) is 0 Å². The minimum absolute atomic E-state index is 0.00270. The Morgan fingerprint density at radius 3 is 2.71 bits per heavy atom. The number of thiophene rings is 1. The Morgan fingerprint density at radius 1 is 1.32 bits per heavy atom. The number of nitrogens with zero attached hydrogens (tertiary/aromatic N) is 1. The van der Waals surface area contributed by atoms with Crippen LogP contribution in [0.3, 0.4) is 0 Å². The molecule has 166 valence electrons. The molecule has 0 aromatic carbocycles. The Morgan fingerprint density at radius 2 is 2.10 bits per heavy atom. The van der Waals surface area contributed by atoms with E-state index in [1.54, 1.807) is 29.3 Å². The van der Waals surface area contributed by atoms with Gasteiger partial charge in [0, 0.05) is 30.0 Å². The predicted octanol–water partition coefficient (Wildman–Crippen LogP) is 2.92. The average molecular weight is 448 g/mol. The Labute approximate surface area is 183 Å². The van der Waals surface area contributed by atoms with Crippen LogP contribution in [-0.2, 0) is 23.9 Å². The third-order valence-corrected chi connectivity index (χ3v) is 5.67. The fourth-order valence-electron chi connectivity index (χ4n) is 3.27. The van der Waals surface area contributed by atoms with Crippen LogP contribution < -0.4 is 5.32 Å². The van der Waals surface area contributed by atoms with Crippen LogP contribution in [0.1, 0.15) is 37.6 Å². The van der Waals surface area contributed by atoms with E-state index in [0.717, 1.165) is 11.3 Å². The smallest absolute Gasteiger partial charge is 0.341 e. The lowest BCUT2D eigenvalue weighted by Gasteiger charge is -2.20. The van der Waals surface area contributed by atoms with Crippen molar-refractivity contribution in [2.45, 2.75) is 33.2 Å². The van der Waals surface area contributed by atoms with Gasteiger partial charge >= 0.3 is 11.9 Å². The minimum Gasteiger partial charge on any atom is -0.464 e. The van der Waals surface area contributed by atoms with Gasteiger partial charge in [0.05, 0.1) is 18.8 Å². The molecule has 0 bridgehead atoms. The fraction of sp³-hybridized carbons (Fsp3) is 0.429. The standard InChI is InChI=1S/C21H24N2O7S/c1-4-28-21(27)18-14(15-6-5-7-29-15)11-31-19(18)22-16(24)10-30-20(26)13-8-17(25)23(9-13)12(2)3/h5-7,11-13H,4,8-10H2,1-3H3,(H,22,24). The van der Waals surface area contributed by atoms with Gasteiger partial charge in [-0.05, 0) is 32.9 Å². The monoisotopic (exact) mass is 448 g/mol. The van der Waals surface area contributed by atoms with Crippen LogP contribution in [-0.4, -0.2) is 54.5 Å². The number of rotatable bonds is 8. The third kappa shape index (κ3) is 5.13. The summed E-state index contributed by atoms with van der Waals surface area (Å²) < 4.78 is 15.6. The number of carbonyl (C=O) groups excluding carboxylic acids is 4. The van der Waals surface area contributed by atoms with E-state index in [2.05, 4.69) is 5.32 Å². The number of amides is 2. The Hall–Kier alpha value is -3.14. The van der Waals surface area contributed by atoms with E-state index in [1.807, 2.05) is 13.8 Å². The molecule has 1 fully saturated rings. The molecule has 1 aliphatic rings. The lowest BCUT2D eigenvalue weighted by atomic mass is 10.1. The van der Waals surface area contributed by atoms with Crippen LogP contribution in [0.25, 0.3) is 11.3 Å². The number of anilines is 1. The molecule has 2 aromatic heterocycles. The van der Waals surface area contributed by atoms with E-state index in [9.17, 15) is 19.2 Å². The molecule has 3 heterocycles. The molecule has 1 saturated heterocycles. The van der Waals surface area contributed by atoms with Crippen molar-refractivity contribution in [3.63, 3.8) is 0 Å². The molecule has 0 spiro atoms. The molecule has 0 saturated carbocycles. The average Bonchev–Trinajstić information content (AvgIpc) is 3.45. The Bertz CT molecular complexity index is 965. The maximum atomic E-state index is 12.5. The minimum atomic E-state index is -0.600. The van der Waals surface area contributed by atoms with Crippen LogP contribution >= 0.6 is 11.3 Å². The molecule has 0 radical (unpaired) electrons. The van der Waals surface area contributed by atoms with Crippen molar-refractivity contribution in [1.29, 1.82) is 0 Å². The molecule has 0 aliphatic carbocycles. The highest BCUT2D eigenvalue weighted by Crippen LogP contribution is 2.36. The third-order valence-electron chi connectivity index (χ3n) is 4.77. The zero-order chi connectivity index (χ0) is 22.5. The zero-order valence-corrected chi connectivity index (χ0v) is 18.3. The molecular weight excluding hydrogens is 424 g/mol. The summed E-state index contributed by atoms with van der Waals surface area (Å²) in [4.78, 5) is 50.6. The second-order valence-corrected chi connectivity index (χ2v) is 8.13. The van der Waals surface area contributed by atoms with E-state index in [1.165, 1.54) is 6.26 Å². The summed E-state index contributed by atoms with van der Waals surface area (Å²) in [6.07, 6.45) is 1.55. The molecule has 9 nitrogen and oxygen atoms in total. The molecule has 10 heteroatoms. The maximum absolute atomic E-state index is 12.5. The van der Waals surface area contributed by atoms with E-state index in [0.29, 0.717) is 11.3 Å². The van der Waals surface area contributed by atoms with E-state index in [4.69, 9.17) is 13.9 Å². The Kier molecular flexibility index (Phi) is 7.11. The molecule has 1 N–H and O–H groups in total. The predicted molar refractivity (Wildman–Crippen MR) is 113 cm³/mol. The molecular formula is C21H24N2O7S. The van der Waals surface area contributed by atoms with Crippen LogP contribution in [0.5, 0.6) is 0 Å². The quantitative estimate of drug-likeness (QED) is 0.618. The maximum Gasteiger partial charge on any atom is 0.341 e. The number of furan rings is 1. The first-order chi connectivity index (χ1) is 14.8. The van der Waals surface area contributed by atoms with Gasteiger partial charge in [-0.3, -0.25) is 14.4 Å². The SMILES string of the molecule is CCOC(=O)c1c(-c2ccco2)csc1NC(=O)COC(=O)C1CC(=O)N(C(C)C)C1. The fourth-order valence-corrected chi connectivity index (χ4v) is 4.23. The van der Waals surface area contributed by atoms with Crippen LogP contribution in [0, 0.1) is 5.92 Å². The summed E-state index contributed by atoms with van der Waals surface area (Å²) in [5.74, 6) is -2.03. The summed E-state index contributed by atoms with van der Waals surface area (Å²) in [5.41, 5.74) is 0.675. The van der Waals surface area contributed by atoms with Crippen molar-refractivity contribution in [1.82, 2.24) is 4.90 Å². The first-order valence-electron chi connectivity index (χ1n) is 9.90. The number of ether oxygens (including phenoxy) is 2. The molecule has 1 atom stereocenters. The van der Waals surface area contributed by atoms with E-state index >= 15 is 0 Å². The number of likely N-dealkylation sites (tertiary alicyclic amines) is 1. The molecule has 31 heavy (non-hydrogen) atoms. The van der Waals surface area contributed by atoms with Gasteiger partial charge in [-0.2, -0.15) is 0 Å². The molecule has 1 aliphatic heterocycles. The van der Waals surface area contributed by atoms with Gasteiger partial charge in [-0.15, -0.1) is 11.3 Å². The number of nitrogens with one attached hydrogen (secondary N) is 1. The van der Waals surface area contributed by atoms with Crippen molar-refractivity contribution < 1.29 is 33.1 Å². The summed E-state index contributed by atoms with van der Waals surface area (Å²) in [5, 5.41) is 4.55. The zero-order valence-electron chi connectivity index (χ0n) is 17.5. The van der Waals surface area contributed by atoms with Gasteiger partial charge in [0.25, 0.3) is 5.91 Å². The van der Waals surface area contributed by atoms with Crippen LogP contribution in [0.15, 0.2) is 28.2 Å². The number of carbonyl (C=O) groups is 4. The van der Waals surface area contributed by atoms with Crippen LogP contribution in [0.4, 0.5) is 5.00 Å². The van der Waals surface area contributed by atoms with Crippen molar-refractivity contribution in [3.8, 4) is 11.3 Å². The van der Waals surface area contributed by atoms with Gasteiger partial charge < -0.3 is 24.1 Å². The topological polar surface area (TPSA) is 115 Å². The molecule has 2 amide bonds. The van der Waals surface area contributed by atoms with Gasteiger partial charge in [0.15, 0.2) is 6.61 Å². The van der Waals surface area contributed by atoms with Crippen molar-refractivity contribution in [2.75, 3.05) is 25.1 Å². The second kappa shape index (κ2) is 9.78. The summed E-state index contributed by atoms with van der Waals surface area (Å²) >= 11 is 1.14. The van der Waals surface area contributed by atoms with Crippen LogP contribution in [0.2, 0.25) is 0 Å². The second-order valence-electron chi connectivity index (χ2n) is 7.25. The highest BCUT2D eigenvalue weighted by molar-refractivity contribution is 7.15. The molecule has 2 aromatic rings. The van der Waals surface area contributed by atoms with Crippen molar-refractivity contribution in [3.05, 3.63) is 29.3 Å². The summed E-state index contributed by atoms with van der Waals surface area (Å²) in [6, 6.07) is 3.38. The number of hydrogen-bond donors (Lipinski definition) is 1. The summed E-state index contributed by atoms with van der Waals surface area (Å²) in [6.45, 7) is 5.35. The van der Waals surface area contributed by atoms with E-state index < -0.39 is 30.4 Å². The first kappa shape index (κ1) is 22.5. The lowest BCUT2D eigenvalue weighted by Crippen LogP contribution is -2.33. The summed E-state index contributed by atoms with van der Waals surface area (Å²) in [7, 11) is 0. The molecule has 3 rings (SSSR count). The normalized spacial score (nSPS) is 15.9.